The number of likely N-dealkylation sites (tertiary alicyclic amines) is 1. The van der Waals surface area contributed by atoms with E-state index in [1.54, 1.807) is 17.9 Å². The van der Waals surface area contributed by atoms with Crippen LogP contribution in [0, 0.1) is 17.0 Å². The van der Waals surface area contributed by atoms with Crippen LogP contribution in [0.3, 0.4) is 0 Å². The van der Waals surface area contributed by atoms with Crippen molar-refractivity contribution in [3.8, 4) is 11.8 Å². The molecule has 1 aliphatic rings. The quantitative estimate of drug-likeness (QED) is 0.586. The van der Waals surface area contributed by atoms with Gasteiger partial charge >= 0.3 is 0 Å². The molecular weight excluding hydrogens is 352 g/mol. The Morgan fingerprint density at radius 3 is 2.74 bits per heavy atom. The molecule has 27 heavy (non-hydrogen) atoms. The van der Waals surface area contributed by atoms with E-state index >= 15 is 0 Å². The Labute approximate surface area is 156 Å². The fraction of sp³-hybridized carbons (Fsp3) is 0.389. The van der Waals surface area contributed by atoms with Gasteiger partial charge in [-0.2, -0.15) is 0 Å². The predicted octanol–water partition coefficient (Wildman–Crippen LogP) is 2.39. The Balaban J connectivity index is 1.75. The number of methoxy groups -OCH3 is 1. The average Bonchev–Trinajstić information content (AvgIpc) is 2.68. The van der Waals surface area contributed by atoms with Crippen molar-refractivity contribution in [3.63, 3.8) is 0 Å². The van der Waals surface area contributed by atoms with Crippen molar-refractivity contribution in [2.45, 2.75) is 25.9 Å². The van der Waals surface area contributed by atoms with Crippen molar-refractivity contribution in [2.24, 2.45) is 0 Å². The normalized spacial score (nSPS) is 16.7. The minimum absolute atomic E-state index is 0.0602. The van der Waals surface area contributed by atoms with E-state index in [9.17, 15) is 14.9 Å². The molecule has 0 N–H and O–H groups in total. The number of amides is 1. The van der Waals surface area contributed by atoms with Gasteiger partial charge in [0, 0.05) is 36.1 Å². The van der Waals surface area contributed by atoms with E-state index < -0.39 is 4.92 Å². The Morgan fingerprint density at radius 2 is 2.04 bits per heavy atom. The number of rotatable bonds is 5. The van der Waals surface area contributed by atoms with E-state index in [1.807, 2.05) is 0 Å². The smallest absolute Gasteiger partial charge is 0.278 e. The molecule has 1 atom stereocenters. The van der Waals surface area contributed by atoms with E-state index in [0.717, 1.165) is 12.8 Å². The van der Waals surface area contributed by atoms with E-state index in [1.165, 1.54) is 31.6 Å². The summed E-state index contributed by atoms with van der Waals surface area (Å²) in [4.78, 5) is 33.4. The third kappa shape index (κ3) is 3.97. The van der Waals surface area contributed by atoms with Crippen LogP contribution in [0.25, 0.3) is 0 Å². The minimum Gasteiger partial charge on any atom is -0.477 e. The number of nitro benzene ring substituents is 1. The van der Waals surface area contributed by atoms with Gasteiger partial charge in [0.1, 0.15) is 6.10 Å². The molecule has 1 fully saturated rings. The van der Waals surface area contributed by atoms with Crippen LogP contribution < -0.4 is 9.47 Å². The second-order valence-electron chi connectivity index (χ2n) is 6.21. The lowest BCUT2D eigenvalue weighted by molar-refractivity contribution is -0.385. The van der Waals surface area contributed by atoms with E-state index in [0.29, 0.717) is 24.2 Å². The zero-order valence-electron chi connectivity index (χ0n) is 15.1. The molecule has 0 aliphatic carbocycles. The summed E-state index contributed by atoms with van der Waals surface area (Å²) in [5.74, 6) is 0.330. The van der Waals surface area contributed by atoms with Crippen LogP contribution in [0.5, 0.6) is 11.8 Å². The summed E-state index contributed by atoms with van der Waals surface area (Å²) < 4.78 is 11.0. The number of nitro groups is 1. The number of ether oxygens (including phenoxy) is 2. The molecule has 0 radical (unpaired) electrons. The number of hydrogen-bond acceptors (Lipinski definition) is 7. The van der Waals surface area contributed by atoms with Crippen molar-refractivity contribution in [1.29, 1.82) is 0 Å². The molecule has 0 bridgehead atoms. The fourth-order valence-electron chi connectivity index (χ4n) is 3.13. The van der Waals surface area contributed by atoms with Crippen molar-refractivity contribution in [3.05, 3.63) is 51.8 Å². The number of carbonyl (C=O) groups is 1. The number of hydrogen-bond donors (Lipinski definition) is 0. The van der Waals surface area contributed by atoms with Gasteiger partial charge in [-0.1, -0.05) is 6.07 Å². The van der Waals surface area contributed by atoms with Gasteiger partial charge in [0.25, 0.3) is 23.4 Å². The second-order valence-corrected chi connectivity index (χ2v) is 6.21. The summed E-state index contributed by atoms with van der Waals surface area (Å²) >= 11 is 0. The van der Waals surface area contributed by atoms with Crippen LogP contribution in [-0.2, 0) is 0 Å². The summed E-state index contributed by atoms with van der Waals surface area (Å²) in [5.41, 5.74) is 0.642. The van der Waals surface area contributed by atoms with Crippen molar-refractivity contribution < 1.29 is 19.2 Å². The van der Waals surface area contributed by atoms with Gasteiger partial charge in [-0.3, -0.25) is 14.9 Å². The number of piperidine rings is 1. The predicted molar refractivity (Wildman–Crippen MR) is 96.0 cm³/mol. The number of aromatic nitrogens is 2. The zero-order chi connectivity index (χ0) is 19.4. The highest BCUT2D eigenvalue weighted by atomic mass is 16.6. The highest BCUT2D eigenvalue weighted by Gasteiger charge is 2.29. The van der Waals surface area contributed by atoms with Crippen LogP contribution in [0.15, 0.2) is 30.6 Å². The standard InChI is InChI=1S/C18H20N4O5/c1-12-14(6-3-7-15(12)22(24)25)18(23)21-10-4-5-13(11-21)27-17-16(26-2)19-8-9-20-17/h3,6-9,13H,4-5,10-11H2,1-2H3. The maximum Gasteiger partial charge on any atom is 0.278 e. The largest absolute Gasteiger partial charge is 0.477 e. The molecule has 9 heteroatoms. The highest BCUT2D eigenvalue weighted by molar-refractivity contribution is 5.96. The first-order valence-corrected chi connectivity index (χ1v) is 8.56. The van der Waals surface area contributed by atoms with Gasteiger partial charge in [0.05, 0.1) is 18.6 Å². The van der Waals surface area contributed by atoms with E-state index in [-0.39, 0.29) is 29.5 Å². The van der Waals surface area contributed by atoms with Gasteiger partial charge in [-0.25, -0.2) is 9.97 Å². The zero-order valence-corrected chi connectivity index (χ0v) is 15.1. The molecule has 142 valence electrons. The molecular formula is C18H20N4O5. The first-order chi connectivity index (χ1) is 13.0. The number of benzene rings is 1. The summed E-state index contributed by atoms with van der Waals surface area (Å²) in [6, 6.07) is 4.54. The molecule has 3 rings (SSSR count). The minimum atomic E-state index is -0.478. The maximum absolute atomic E-state index is 12.9. The number of nitrogens with zero attached hydrogens (tertiary/aromatic N) is 4. The van der Waals surface area contributed by atoms with E-state index in [4.69, 9.17) is 9.47 Å². The lowest BCUT2D eigenvalue weighted by Gasteiger charge is -2.33. The Morgan fingerprint density at radius 1 is 1.30 bits per heavy atom. The summed E-state index contributed by atoms with van der Waals surface area (Å²) in [5, 5.41) is 11.1. The van der Waals surface area contributed by atoms with Crippen LogP contribution in [0.1, 0.15) is 28.8 Å². The molecule has 1 aromatic heterocycles. The average molecular weight is 372 g/mol. The second kappa shape index (κ2) is 7.98. The first-order valence-electron chi connectivity index (χ1n) is 8.56. The molecule has 1 aliphatic heterocycles. The van der Waals surface area contributed by atoms with Gasteiger partial charge in [-0.15, -0.1) is 0 Å². The third-order valence-electron chi connectivity index (χ3n) is 4.50. The Kier molecular flexibility index (Phi) is 5.49. The molecule has 0 spiro atoms. The van der Waals surface area contributed by atoms with Gasteiger partial charge < -0.3 is 14.4 Å². The van der Waals surface area contributed by atoms with Crippen molar-refractivity contribution in [1.82, 2.24) is 14.9 Å². The molecule has 0 saturated carbocycles. The number of carbonyl (C=O) groups excluding carboxylic acids is 1. The third-order valence-corrected chi connectivity index (χ3v) is 4.50. The van der Waals surface area contributed by atoms with Crippen molar-refractivity contribution >= 4 is 11.6 Å². The Bertz CT molecular complexity index is 857. The molecule has 9 nitrogen and oxygen atoms in total. The summed E-state index contributed by atoms with van der Waals surface area (Å²) in [7, 11) is 1.48. The fourth-order valence-corrected chi connectivity index (χ4v) is 3.13. The van der Waals surface area contributed by atoms with Crippen LogP contribution in [-0.4, -0.2) is 52.0 Å². The SMILES string of the molecule is COc1nccnc1OC1CCCN(C(=O)c2cccc([N+](=O)[O-])c2C)C1. The molecule has 2 aromatic rings. The molecule has 1 aromatic carbocycles. The van der Waals surface area contributed by atoms with E-state index in [2.05, 4.69) is 9.97 Å². The molecule has 1 saturated heterocycles. The molecule has 1 amide bonds. The molecule has 2 heterocycles. The van der Waals surface area contributed by atoms with Crippen LogP contribution >= 0.6 is 0 Å². The topological polar surface area (TPSA) is 108 Å². The van der Waals surface area contributed by atoms with Gasteiger partial charge in [-0.05, 0) is 25.8 Å². The van der Waals surface area contributed by atoms with Crippen LogP contribution in [0.2, 0.25) is 0 Å². The molecule has 1 unspecified atom stereocenters. The monoisotopic (exact) mass is 372 g/mol. The van der Waals surface area contributed by atoms with Gasteiger partial charge in [0.2, 0.25) is 0 Å². The summed E-state index contributed by atoms with van der Waals surface area (Å²) in [6.07, 6.45) is 4.28. The Hall–Kier alpha value is -3.23. The van der Waals surface area contributed by atoms with Crippen LogP contribution in [0.4, 0.5) is 5.69 Å². The van der Waals surface area contributed by atoms with Gasteiger partial charge in [0.15, 0.2) is 0 Å². The first kappa shape index (κ1) is 18.6. The lowest BCUT2D eigenvalue weighted by Crippen LogP contribution is -2.44. The maximum atomic E-state index is 12.9. The lowest BCUT2D eigenvalue weighted by atomic mass is 10.0. The highest BCUT2D eigenvalue weighted by Crippen LogP contribution is 2.26. The van der Waals surface area contributed by atoms with Crippen molar-refractivity contribution in [2.75, 3.05) is 20.2 Å². The summed E-state index contributed by atoms with van der Waals surface area (Å²) in [6.45, 7) is 2.52.